The van der Waals surface area contributed by atoms with Gasteiger partial charge < -0.3 is 15.0 Å². The van der Waals surface area contributed by atoms with Crippen LogP contribution < -0.4 is 10.2 Å². The number of amides is 1. The Kier molecular flexibility index (Phi) is 5.47. The summed E-state index contributed by atoms with van der Waals surface area (Å²) in [7, 11) is 3.26. The second-order valence-corrected chi connectivity index (χ2v) is 5.82. The molecule has 0 saturated heterocycles. The van der Waals surface area contributed by atoms with Gasteiger partial charge in [-0.3, -0.25) is 4.79 Å². The van der Waals surface area contributed by atoms with Crippen LogP contribution in [0.15, 0.2) is 72.9 Å². The predicted molar refractivity (Wildman–Crippen MR) is 104 cm³/mol. The minimum Gasteiger partial charge on any atom is -0.465 e. The third-order valence-corrected chi connectivity index (χ3v) is 4.08. The maximum Gasteiger partial charge on any atom is 0.337 e. The maximum atomic E-state index is 12.4. The SMILES string of the molecule is COC(=O)c1ccc(NC(=O)c2ccc(N(C)c3ccccc3)cn2)cc1. The quantitative estimate of drug-likeness (QED) is 0.698. The van der Waals surface area contributed by atoms with Gasteiger partial charge in [-0.1, -0.05) is 18.2 Å². The molecule has 3 aromatic rings. The fraction of sp³-hybridized carbons (Fsp3) is 0.0952. The van der Waals surface area contributed by atoms with Crippen LogP contribution in [0.2, 0.25) is 0 Å². The smallest absolute Gasteiger partial charge is 0.337 e. The number of ether oxygens (including phenoxy) is 1. The molecule has 0 aliphatic rings. The van der Waals surface area contributed by atoms with Gasteiger partial charge in [0.15, 0.2) is 0 Å². The summed E-state index contributed by atoms with van der Waals surface area (Å²) in [6, 6.07) is 19.9. The number of aromatic nitrogens is 1. The largest absolute Gasteiger partial charge is 0.465 e. The predicted octanol–water partition coefficient (Wildman–Crippen LogP) is 3.89. The Balaban J connectivity index is 1.68. The lowest BCUT2D eigenvalue weighted by atomic mass is 10.2. The first-order valence-corrected chi connectivity index (χ1v) is 8.33. The number of esters is 1. The van der Waals surface area contributed by atoms with E-state index in [1.165, 1.54) is 7.11 Å². The summed E-state index contributed by atoms with van der Waals surface area (Å²) >= 11 is 0. The van der Waals surface area contributed by atoms with Crippen molar-refractivity contribution in [1.29, 1.82) is 0 Å². The van der Waals surface area contributed by atoms with Crippen molar-refractivity contribution in [3.8, 4) is 0 Å². The van der Waals surface area contributed by atoms with Gasteiger partial charge in [-0.2, -0.15) is 0 Å². The first kappa shape index (κ1) is 18.1. The number of para-hydroxylation sites is 1. The van der Waals surface area contributed by atoms with E-state index in [2.05, 4.69) is 15.0 Å². The van der Waals surface area contributed by atoms with Gasteiger partial charge in [-0.25, -0.2) is 9.78 Å². The molecule has 1 aromatic heterocycles. The lowest BCUT2D eigenvalue weighted by Crippen LogP contribution is -2.15. The second kappa shape index (κ2) is 8.14. The lowest BCUT2D eigenvalue weighted by molar-refractivity contribution is 0.0600. The van der Waals surface area contributed by atoms with Crippen LogP contribution >= 0.6 is 0 Å². The molecule has 0 unspecified atom stereocenters. The van der Waals surface area contributed by atoms with E-state index in [4.69, 9.17) is 0 Å². The van der Waals surface area contributed by atoms with Crippen molar-refractivity contribution in [2.75, 3.05) is 24.4 Å². The molecule has 0 fully saturated rings. The summed E-state index contributed by atoms with van der Waals surface area (Å²) in [5, 5.41) is 2.76. The van der Waals surface area contributed by atoms with E-state index in [9.17, 15) is 9.59 Å². The highest BCUT2D eigenvalue weighted by atomic mass is 16.5. The number of pyridine rings is 1. The van der Waals surface area contributed by atoms with E-state index in [0.29, 0.717) is 16.9 Å². The summed E-state index contributed by atoms with van der Waals surface area (Å²) in [4.78, 5) is 30.0. The molecule has 1 heterocycles. The van der Waals surface area contributed by atoms with E-state index in [0.717, 1.165) is 11.4 Å². The van der Waals surface area contributed by atoms with E-state index in [1.807, 2.05) is 48.3 Å². The van der Waals surface area contributed by atoms with Crippen LogP contribution in [0.5, 0.6) is 0 Å². The molecule has 2 aromatic carbocycles. The van der Waals surface area contributed by atoms with Crippen molar-refractivity contribution < 1.29 is 14.3 Å². The number of carbonyl (C=O) groups excluding carboxylic acids is 2. The Bertz CT molecular complexity index is 923. The first-order valence-electron chi connectivity index (χ1n) is 8.33. The van der Waals surface area contributed by atoms with Crippen molar-refractivity contribution in [3.05, 3.63) is 84.2 Å². The Morgan fingerprint density at radius 2 is 1.63 bits per heavy atom. The Morgan fingerprint density at radius 3 is 2.22 bits per heavy atom. The van der Waals surface area contributed by atoms with Crippen LogP contribution in [-0.2, 0) is 4.74 Å². The molecular formula is C21H19N3O3. The first-order chi connectivity index (χ1) is 13.1. The van der Waals surface area contributed by atoms with Gasteiger partial charge in [0.1, 0.15) is 5.69 Å². The molecule has 136 valence electrons. The Labute approximate surface area is 157 Å². The molecule has 0 aliphatic heterocycles. The number of rotatable bonds is 5. The molecule has 0 radical (unpaired) electrons. The fourth-order valence-corrected chi connectivity index (χ4v) is 2.52. The summed E-state index contributed by atoms with van der Waals surface area (Å²) in [5.74, 6) is -0.748. The van der Waals surface area contributed by atoms with E-state index >= 15 is 0 Å². The van der Waals surface area contributed by atoms with Gasteiger partial charge >= 0.3 is 5.97 Å². The van der Waals surface area contributed by atoms with Crippen molar-refractivity contribution in [1.82, 2.24) is 4.98 Å². The summed E-state index contributed by atoms with van der Waals surface area (Å²) in [6.45, 7) is 0. The van der Waals surface area contributed by atoms with E-state index in [1.54, 1.807) is 36.5 Å². The number of methoxy groups -OCH3 is 1. The molecule has 0 atom stereocenters. The zero-order valence-corrected chi connectivity index (χ0v) is 15.0. The molecule has 27 heavy (non-hydrogen) atoms. The number of nitrogens with one attached hydrogen (secondary N) is 1. The van der Waals surface area contributed by atoms with Crippen LogP contribution in [0.25, 0.3) is 0 Å². The fourth-order valence-electron chi connectivity index (χ4n) is 2.52. The van der Waals surface area contributed by atoms with E-state index in [-0.39, 0.29) is 5.91 Å². The van der Waals surface area contributed by atoms with E-state index < -0.39 is 5.97 Å². The molecule has 0 spiro atoms. The average Bonchev–Trinajstić information content (AvgIpc) is 2.74. The third-order valence-electron chi connectivity index (χ3n) is 4.08. The number of carbonyl (C=O) groups is 2. The number of nitrogens with zero attached hydrogens (tertiary/aromatic N) is 2. The lowest BCUT2D eigenvalue weighted by Gasteiger charge is -2.19. The summed E-state index contributed by atoms with van der Waals surface area (Å²) in [5.41, 5.74) is 3.20. The molecule has 1 N–H and O–H groups in total. The molecule has 0 saturated carbocycles. The normalized spacial score (nSPS) is 10.1. The van der Waals surface area contributed by atoms with Gasteiger partial charge in [0.25, 0.3) is 5.91 Å². The van der Waals surface area contributed by atoms with Gasteiger partial charge in [-0.05, 0) is 48.5 Å². The highest BCUT2D eigenvalue weighted by molar-refractivity contribution is 6.03. The highest BCUT2D eigenvalue weighted by Crippen LogP contribution is 2.22. The highest BCUT2D eigenvalue weighted by Gasteiger charge is 2.11. The van der Waals surface area contributed by atoms with Crippen LogP contribution in [0.1, 0.15) is 20.8 Å². The molecule has 0 bridgehead atoms. The van der Waals surface area contributed by atoms with Crippen molar-refractivity contribution in [2.24, 2.45) is 0 Å². The zero-order chi connectivity index (χ0) is 19.2. The van der Waals surface area contributed by atoms with Crippen molar-refractivity contribution >= 4 is 28.9 Å². The van der Waals surface area contributed by atoms with Crippen LogP contribution in [-0.4, -0.2) is 31.0 Å². The second-order valence-electron chi connectivity index (χ2n) is 5.82. The van der Waals surface area contributed by atoms with Crippen molar-refractivity contribution in [3.63, 3.8) is 0 Å². The number of anilines is 3. The number of hydrogen-bond acceptors (Lipinski definition) is 5. The number of benzene rings is 2. The summed E-state index contributed by atoms with van der Waals surface area (Å²) in [6.07, 6.45) is 1.66. The van der Waals surface area contributed by atoms with Gasteiger partial charge in [-0.15, -0.1) is 0 Å². The minimum absolute atomic E-state index is 0.303. The monoisotopic (exact) mass is 361 g/mol. The average molecular weight is 361 g/mol. The molecule has 6 nitrogen and oxygen atoms in total. The van der Waals surface area contributed by atoms with Gasteiger partial charge in [0, 0.05) is 18.4 Å². The van der Waals surface area contributed by atoms with Gasteiger partial charge in [0.05, 0.1) is 24.6 Å². The Morgan fingerprint density at radius 1 is 0.926 bits per heavy atom. The van der Waals surface area contributed by atoms with Crippen LogP contribution in [0.4, 0.5) is 17.1 Å². The van der Waals surface area contributed by atoms with Gasteiger partial charge in [0.2, 0.25) is 0 Å². The molecule has 6 heteroatoms. The molecular weight excluding hydrogens is 342 g/mol. The third kappa shape index (κ3) is 4.30. The van der Waals surface area contributed by atoms with Crippen LogP contribution in [0.3, 0.4) is 0 Å². The zero-order valence-electron chi connectivity index (χ0n) is 15.0. The summed E-state index contributed by atoms with van der Waals surface area (Å²) < 4.78 is 4.65. The topological polar surface area (TPSA) is 71.5 Å². The molecule has 3 rings (SSSR count). The Hall–Kier alpha value is -3.67. The van der Waals surface area contributed by atoms with Crippen LogP contribution in [0, 0.1) is 0 Å². The minimum atomic E-state index is -0.423. The van der Waals surface area contributed by atoms with Crippen molar-refractivity contribution in [2.45, 2.75) is 0 Å². The molecule has 1 amide bonds. The maximum absolute atomic E-state index is 12.4. The molecule has 0 aliphatic carbocycles. The number of hydrogen-bond donors (Lipinski definition) is 1. The standard InChI is InChI=1S/C21H19N3O3/c1-24(17-6-4-3-5-7-17)18-12-13-19(22-14-18)20(25)23-16-10-8-15(9-11-16)21(26)27-2/h3-14H,1-2H3,(H,23,25).